The van der Waals surface area contributed by atoms with Crippen molar-refractivity contribution in [3.05, 3.63) is 63.2 Å². The van der Waals surface area contributed by atoms with E-state index < -0.39 is 33.1 Å². The van der Waals surface area contributed by atoms with E-state index in [4.69, 9.17) is 11.6 Å². The Labute approximate surface area is 161 Å². The minimum Gasteiger partial charge on any atom is -0.325 e. The van der Waals surface area contributed by atoms with Gasteiger partial charge in [0.05, 0.1) is 16.4 Å². The van der Waals surface area contributed by atoms with E-state index in [1.165, 1.54) is 0 Å². The lowest BCUT2D eigenvalue weighted by Crippen LogP contribution is -2.33. The predicted molar refractivity (Wildman–Crippen MR) is 102 cm³/mol. The zero-order valence-electron chi connectivity index (χ0n) is 14.6. The van der Waals surface area contributed by atoms with Gasteiger partial charge in [0, 0.05) is 11.8 Å². The van der Waals surface area contributed by atoms with Crippen LogP contribution in [0.25, 0.3) is 0 Å². The molecule has 0 saturated heterocycles. The van der Waals surface area contributed by atoms with Crippen molar-refractivity contribution in [2.75, 3.05) is 11.9 Å². The molecule has 2 aromatic rings. The first-order valence-electron chi connectivity index (χ1n) is 7.93. The molecule has 0 spiro atoms. The molecule has 10 heteroatoms. The molecule has 144 valence electrons. The number of hydrogen-bond donors (Lipinski definition) is 2. The number of benzene rings is 2. The lowest BCUT2D eigenvalue weighted by Gasteiger charge is -2.10. The maximum atomic E-state index is 12.3. The second kappa shape index (κ2) is 8.47. The third kappa shape index (κ3) is 5.49. The zero-order chi connectivity index (χ0) is 20.2. The number of halogens is 1. The standard InChI is InChI=1S/C17H18ClN3O5S/c1-11(2)12-4-3-5-13(8-12)20-17(22)10-19-27(25,26)14-6-7-15(18)16(9-14)21(23)24/h3-9,11,19H,10H2,1-2H3,(H,20,22). The van der Waals surface area contributed by atoms with Crippen molar-refractivity contribution in [1.82, 2.24) is 4.72 Å². The molecule has 0 saturated carbocycles. The third-order valence-electron chi connectivity index (χ3n) is 3.68. The van der Waals surface area contributed by atoms with Crippen LogP contribution in [-0.4, -0.2) is 25.8 Å². The van der Waals surface area contributed by atoms with E-state index in [0.29, 0.717) is 5.69 Å². The van der Waals surface area contributed by atoms with Crippen LogP contribution in [0.3, 0.4) is 0 Å². The molecule has 0 aromatic heterocycles. The molecule has 2 N–H and O–H groups in total. The van der Waals surface area contributed by atoms with Crippen molar-refractivity contribution in [1.29, 1.82) is 0 Å². The van der Waals surface area contributed by atoms with Gasteiger partial charge in [-0.25, -0.2) is 13.1 Å². The van der Waals surface area contributed by atoms with Gasteiger partial charge >= 0.3 is 0 Å². The first kappa shape index (κ1) is 20.8. The zero-order valence-corrected chi connectivity index (χ0v) is 16.2. The van der Waals surface area contributed by atoms with E-state index >= 15 is 0 Å². The Kier molecular flexibility index (Phi) is 6.53. The van der Waals surface area contributed by atoms with Gasteiger partial charge in [0.15, 0.2) is 0 Å². The molecule has 27 heavy (non-hydrogen) atoms. The lowest BCUT2D eigenvalue weighted by atomic mass is 10.0. The molecule has 0 bridgehead atoms. The molecule has 0 aliphatic rings. The highest BCUT2D eigenvalue weighted by Crippen LogP contribution is 2.27. The highest BCUT2D eigenvalue weighted by molar-refractivity contribution is 7.89. The Hall–Kier alpha value is -2.49. The normalized spacial score (nSPS) is 11.4. The number of nitro benzene ring substituents is 1. The molecule has 0 aliphatic carbocycles. The van der Waals surface area contributed by atoms with Gasteiger partial charge in [0.2, 0.25) is 15.9 Å². The second-order valence-electron chi connectivity index (χ2n) is 6.02. The topological polar surface area (TPSA) is 118 Å². The van der Waals surface area contributed by atoms with Crippen molar-refractivity contribution < 1.29 is 18.1 Å². The fourth-order valence-corrected chi connectivity index (χ4v) is 3.41. The van der Waals surface area contributed by atoms with Gasteiger partial charge in [-0.1, -0.05) is 37.6 Å². The van der Waals surface area contributed by atoms with Gasteiger partial charge in [-0.15, -0.1) is 0 Å². The summed E-state index contributed by atoms with van der Waals surface area (Å²) in [5.41, 5.74) is 1.05. The maximum absolute atomic E-state index is 12.3. The largest absolute Gasteiger partial charge is 0.325 e. The summed E-state index contributed by atoms with van der Waals surface area (Å²) in [4.78, 5) is 21.8. The van der Waals surface area contributed by atoms with Gasteiger partial charge in [-0.3, -0.25) is 14.9 Å². The first-order chi connectivity index (χ1) is 12.6. The second-order valence-corrected chi connectivity index (χ2v) is 8.20. The van der Waals surface area contributed by atoms with Crippen molar-refractivity contribution in [3.8, 4) is 0 Å². The number of amides is 1. The average molecular weight is 412 g/mol. The molecular weight excluding hydrogens is 394 g/mol. The molecular formula is C17H18ClN3O5S. The van der Waals surface area contributed by atoms with Gasteiger partial charge in [-0.05, 0) is 35.7 Å². The van der Waals surface area contributed by atoms with Crippen LogP contribution < -0.4 is 10.0 Å². The Balaban J connectivity index is 2.07. The Morgan fingerprint density at radius 2 is 1.93 bits per heavy atom. The Morgan fingerprint density at radius 3 is 2.56 bits per heavy atom. The summed E-state index contributed by atoms with van der Waals surface area (Å²) in [5, 5.41) is 13.3. The number of nitrogens with zero attached hydrogens (tertiary/aromatic N) is 1. The molecule has 0 heterocycles. The highest BCUT2D eigenvalue weighted by Gasteiger charge is 2.21. The fraction of sp³-hybridized carbons (Fsp3) is 0.235. The SMILES string of the molecule is CC(C)c1cccc(NC(=O)CNS(=O)(=O)c2ccc(Cl)c([N+](=O)[O-])c2)c1. The first-order valence-corrected chi connectivity index (χ1v) is 9.79. The highest BCUT2D eigenvalue weighted by atomic mass is 35.5. The number of hydrogen-bond acceptors (Lipinski definition) is 5. The quantitative estimate of drug-likeness (QED) is 0.535. The molecule has 0 radical (unpaired) electrons. The average Bonchev–Trinajstić information content (AvgIpc) is 2.60. The van der Waals surface area contributed by atoms with Gasteiger partial charge in [0.25, 0.3) is 5.69 Å². The molecule has 0 fully saturated rings. The maximum Gasteiger partial charge on any atom is 0.289 e. The van der Waals surface area contributed by atoms with Crippen LogP contribution in [0.5, 0.6) is 0 Å². The fourth-order valence-electron chi connectivity index (χ4n) is 2.22. The smallest absolute Gasteiger partial charge is 0.289 e. The lowest BCUT2D eigenvalue weighted by molar-refractivity contribution is -0.384. The van der Waals surface area contributed by atoms with Crippen LogP contribution in [0.2, 0.25) is 5.02 Å². The van der Waals surface area contributed by atoms with E-state index in [9.17, 15) is 23.3 Å². The molecule has 0 unspecified atom stereocenters. The van der Waals surface area contributed by atoms with Gasteiger partial charge in [0.1, 0.15) is 5.02 Å². The van der Waals surface area contributed by atoms with Crippen molar-refractivity contribution in [3.63, 3.8) is 0 Å². The van der Waals surface area contributed by atoms with Crippen LogP contribution in [-0.2, 0) is 14.8 Å². The van der Waals surface area contributed by atoms with Crippen molar-refractivity contribution in [2.24, 2.45) is 0 Å². The van der Waals surface area contributed by atoms with E-state index in [1.54, 1.807) is 18.2 Å². The minimum absolute atomic E-state index is 0.179. The summed E-state index contributed by atoms with van der Waals surface area (Å²) < 4.78 is 26.6. The summed E-state index contributed by atoms with van der Waals surface area (Å²) >= 11 is 5.67. The van der Waals surface area contributed by atoms with E-state index in [0.717, 1.165) is 23.8 Å². The third-order valence-corrected chi connectivity index (χ3v) is 5.40. The van der Waals surface area contributed by atoms with E-state index in [1.807, 2.05) is 19.9 Å². The molecule has 8 nitrogen and oxygen atoms in total. The molecule has 0 atom stereocenters. The number of carbonyl (C=O) groups is 1. The number of sulfonamides is 1. The number of anilines is 1. The number of nitro groups is 1. The summed E-state index contributed by atoms with van der Waals surface area (Å²) in [7, 11) is -4.12. The van der Waals surface area contributed by atoms with Crippen molar-refractivity contribution in [2.45, 2.75) is 24.7 Å². The van der Waals surface area contributed by atoms with E-state index in [2.05, 4.69) is 10.0 Å². The monoisotopic (exact) mass is 411 g/mol. The Bertz CT molecular complexity index is 976. The summed E-state index contributed by atoms with van der Waals surface area (Å²) in [5.74, 6) is -0.288. The van der Waals surface area contributed by atoms with Gasteiger partial charge in [-0.2, -0.15) is 0 Å². The molecule has 2 rings (SSSR count). The molecule has 2 aromatic carbocycles. The summed E-state index contributed by atoms with van der Waals surface area (Å²) in [6, 6.07) is 10.3. The number of carbonyl (C=O) groups excluding carboxylic acids is 1. The number of rotatable bonds is 7. The summed E-state index contributed by atoms with van der Waals surface area (Å²) in [6.07, 6.45) is 0. The van der Waals surface area contributed by atoms with E-state index in [-0.39, 0.29) is 15.8 Å². The van der Waals surface area contributed by atoms with Crippen molar-refractivity contribution >= 4 is 38.9 Å². The molecule has 1 amide bonds. The van der Waals surface area contributed by atoms with Crippen LogP contribution in [0.4, 0.5) is 11.4 Å². The van der Waals surface area contributed by atoms with Crippen LogP contribution in [0.15, 0.2) is 47.4 Å². The van der Waals surface area contributed by atoms with Gasteiger partial charge < -0.3 is 5.32 Å². The minimum atomic E-state index is -4.12. The summed E-state index contributed by atoms with van der Waals surface area (Å²) in [6.45, 7) is 3.51. The van der Waals surface area contributed by atoms with Crippen LogP contribution in [0.1, 0.15) is 25.3 Å². The Morgan fingerprint density at radius 1 is 1.22 bits per heavy atom. The number of nitrogens with one attached hydrogen (secondary N) is 2. The predicted octanol–water partition coefficient (Wildman–Crippen LogP) is 3.29. The van der Waals surface area contributed by atoms with Crippen LogP contribution in [0, 0.1) is 10.1 Å². The van der Waals surface area contributed by atoms with Crippen LogP contribution >= 0.6 is 11.6 Å². The molecule has 0 aliphatic heterocycles.